The lowest BCUT2D eigenvalue weighted by atomic mass is 9.95. The fraction of sp³-hybridized carbons (Fsp3) is 1.00. The zero-order valence-corrected chi connectivity index (χ0v) is 10.8. The Labute approximate surface area is 98.7 Å². The maximum absolute atomic E-state index is 5.81. The van der Waals surface area contributed by atoms with Crippen molar-refractivity contribution in [3.05, 3.63) is 0 Å². The Hall–Kier alpha value is 0.210. The van der Waals surface area contributed by atoms with Crippen LogP contribution in [0, 0.1) is 0 Å². The first-order valence-corrected chi connectivity index (χ1v) is 6.66. The zero-order chi connectivity index (χ0) is 11.1. The van der Waals surface area contributed by atoms with Crippen molar-refractivity contribution in [2.24, 2.45) is 0 Å². The summed E-state index contributed by atoms with van der Waals surface area (Å²) in [4.78, 5) is 0. The Morgan fingerprint density at radius 1 is 1.47 bits per heavy atom. The van der Waals surface area contributed by atoms with Crippen LogP contribution in [0.5, 0.6) is 0 Å². The predicted molar refractivity (Wildman–Crippen MR) is 65.6 cm³/mol. The van der Waals surface area contributed by atoms with E-state index in [9.17, 15) is 0 Å². The van der Waals surface area contributed by atoms with Gasteiger partial charge >= 0.3 is 0 Å². The Balaban J connectivity index is 2.25. The second-order valence-corrected chi connectivity index (χ2v) is 5.10. The van der Waals surface area contributed by atoms with Crippen LogP contribution in [0.1, 0.15) is 46.0 Å². The first-order valence-electron chi connectivity index (χ1n) is 6.13. The van der Waals surface area contributed by atoms with Crippen LogP contribution in [0.2, 0.25) is 0 Å². The second kappa shape index (κ2) is 6.72. The SMILES string of the molecule is CCC(C)(CCCl)NCC1CCCCO1. The van der Waals surface area contributed by atoms with Gasteiger partial charge in [0.1, 0.15) is 0 Å². The van der Waals surface area contributed by atoms with Gasteiger partial charge in [-0.2, -0.15) is 0 Å². The van der Waals surface area contributed by atoms with E-state index in [0.717, 1.165) is 31.9 Å². The van der Waals surface area contributed by atoms with Gasteiger partial charge in [-0.3, -0.25) is 0 Å². The molecule has 1 aliphatic rings. The molecule has 1 rings (SSSR count). The third-order valence-electron chi connectivity index (χ3n) is 3.46. The second-order valence-electron chi connectivity index (χ2n) is 4.72. The van der Waals surface area contributed by atoms with E-state index in [1.54, 1.807) is 0 Å². The Bertz CT molecular complexity index is 171. The van der Waals surface area contributed by atoms with Gasteiger partial charge in [0.05, 0.1) is 6.10 Å². The van der Waals surface area contributed by atoms with Gasteiger partial charge in [0, 0.05) is 24.6 Å². The maximum atomic E-state index is 5.81. The van der Waals surface area contributed by atoms with Gasteiger partial charge in [0.15, 0.2) is 0 Å². The van der Waals surface area contributed by atoms with Crippen LogP contribution in [0.3, 0.4) is 0 Å². The van der Waals surface area contributed by atoms with Crippen LogP contribution in [0.4, 0.5) is 0 Å². The number of alkyl halides is 1. The fourth-order valence-corrected chi connectivity index (χ4v) is 2.34. The average Bonchev–Trinajstić information content (AvgIpc) is 2.28. The topological polar surface area (TPSA) is 21.3 Å². The van der Waals surface area contributed by atoms with Gasteiger partial charge in [-0.15, -0.1) is 11.6 Å². The number of ether oxygens (including phenoxy) is 1. The average molecular weight is 234 g/mol. The van der Waals surface area contributed by atoms with Gasteiger partial charge < -0.3 is 10.1 Å². The summed E-state index contributed by atoms with van der Waals surface area (Å²) in [5, 5.41) is 3.61. The van der Waals surface area contributed by atoms with Crippen molar-refractivity contribution < 1.29 is 4.74 Å². The van der Waals surface area contributed by atoms with E-state index in [4.69, 9.17) is 16.3 Å². The van der Waals surface area contributed by atoms with E-state index in [1.165, 1.54) is 19.3 Å². The molecule has 0 aromatic carbocycles. The van der Waals surface area contributed by atoms with Gasteiger partial charge in [0.25, 0.3) is 0 Å². The van der Waals surface area contributed by atoms with Gasteiger partial charge in [-0.25, -0.2) is 0 Å². The van der Waals surface area contributed by atoms with Crippen LogP contribution < -0.4 is 5.32 Å². The van der Waals surface area contributed by atoms with Crippen molar-refractivity contribution >= 4 is 11.6 Å². The molecule has 2 nitrogen and oxygen atoms in total. The molecule has 0 saturated carbocycles. The zero-order valence-electron chi connectivity index (χ0n) is 10.0. The molecule has 1 saturated heterocycles. The standard InChI is InChI=1S/C12H24ClNO/c1-3-12(2,7-8-13)14-10-11-6-4-5-9-15-11/h11,14H,3-10H2,1-2H3. The summed E-state index contributed by atoms with van der Waals surface area (Å²) in [6.45, 7) is 6.37. The van der Waals surface area contributed by atoms with Gasteiger partial charge in [-0.1, -0.05) is 6.92 Å². The number of hydrogen-bond acceptors (Lipinski definition) is 2. The molecule has 15 heavy (non-hydrogen) atoms. The predicted octanol–water partition coefficient (Wildman–Crippen LogP) is 2.94. The highest BCUT2D eigenvalue weighted by atomic mass is 35.5. The largest absolute Gasteiger partial charge is 0.377 e. The first kappa shape index (κ1) is 13.3. The van der Waals surface area contributed by atoms with E-state index in [-0.39, 0.29) is 5.54 Å². The molecule has 0 aromatic heterocycles. The van der Waals surface area contributed by atoms with Gasteiger partial charge in [-0.05, 0) is 39.0 Å². The number of nitrogens with one attached hydrogen (secondary N) is 1. The van der Waals surface area contributed by atoms with E-state index >= 15 is 0 Å². The van der Waals surface area contributed by atoms with E-state index in [2.05, 4.69) is 19.2 Å². The molecule has 0 aromatic rings. The van der Waals surface area contributed by atoms with Gasteiger partial charge in [0.2, 0.25) is 0 Å². The summed E-state index contributed by atoms with van der Waals surface area (Å²) in [5.41, 5.74) is 0.183. The molecule has 0 aliphatic carbocycles. The molecular weight excluding hydrogens is 210 g/mol. The number of rotatable bonds is 6. The highest BCUT2D eigenvalue weighted by Crippen LogP contribution is 2.17. The Morgan fingerprint density at radius 3 is 2.80 bits per heavy atom. The third kappa shape index (κ3) is 4.71. The van der Waals surface area contributed by atoms with Crippen LogP contribution >= 0.6 is 11.6 Å². The molecule has 0 spiro atoms. The fourth-order valence-electron chi connectivity index (χ4n) is 1.93. The summed E-state index contributed by atoms with van der Waals surface area (Å²) in [7, 11) is 0. The summed E-state index contributed by atoms with van der Waals surface area (Å²) in [5.74, 6) is 0.725. The molecular formula is C12H24ClNO. The molecule has 1 aliphatic heterocycles. The smallest absolute Gasteiger partial charge is 0.0699 e. The quantitative estimate of drug-likeness (QED) is 0.713. The minimum atomic E-state index is 0.183. The molecule has 90 valence electrons. The summed E-state index contributed by atoms with van der Waals surface area (Å²) < 4.78 is 5.70. The monoisotopic (exact) mass is 233 g/mol. The van der Waals surface area contributed by atoms with Crippen molar-refractivity contribution in [3.63, 3.8) is 0 Å². The molecule has 3 heteroatoms. The molecule has 1 fully saturated rings. The molecule has 0 bridgehead atoms. The molecule has 0 radical (unpaired) electrons. The number of hydrogen-bond donors (Lipinski definition) is 1. The van der Waals surface area contributed by atoms with Crippen molar-refractivity contribution in [3.8, 4) is 0 Å². The minimum absolute atomic E-state index is 0.183. The number of halogens is 1. The summed E-state index contributed by atoms with van der Waals surface area (Å²) in [6, 6.07) is 0. The van der Waals surface area contributed by atoms with Crippen molar-refractivity contribution in [1.29, 1.82) is 0 Å². The van der Waals surface area contributed by atoms with Crippen LogP contribution in [0.25, 0.3) is 0 Å². The van der Waals surface area contributed by atoms with Crippen molar-refractivity contribution in [2.75, 3.05) is 19.0 Å². The first-order chi connectivity index (χ1) is 7.20. The van der Waals surface area contributed by atoms with E-state index < -0.39 is 0 Å². The molecule has 1 N–H and O–H groups in total. The Morgan fingerprint density at radius 2 is 2.27 bits per heavy atom. The molecule has 0 amide bonds. The van der Waals surface area contributed by atoms with Crippen molar-refractivity contribution in [1.82, 2.24) is 5.32 Å². The molecule has 1 heterocycles. The Kier molecular flexibility index (Phi) is 5.95. The normalized spacial score (nSPS) is 26.2. The highest BCUT2D eigenvalue weighted by Gasteiger charge is 2.23. The van der Waals surface area contributed by atoms with E-state index in [1.807, 2.05) is 0 Å². The minimum Gasteiger partial charge on any atom is -0.377 e. The lowest BCUT2D eigenvalue weighted by molar-refractivity contribution is 0.0121. The molecule has 2 unspecified atom stereocenters. The van der Waals surface area contributed by atoms with Crippen molar-refractivity contribution in [2.45, 2.75) is 57.6 Å². The van der Waals surface area contributed by atoms with Crippen LogP contribution in [-0.2, 0) is 4.74 Å². The lowest BCUT2D eigenvalue weighted by Crippen LogP contribution is -2.46. The van der Waals surface area contributed by atoms with Crippen LogP contribution in [-0.4, -0.2) is 30.7 Å². The summed E-state index contributed by atoms with van der Waals surface area (Å²) >= 11 is 5.81. The lowest BCUT2D eigenvalue weighted by Gasteiger charge is -2.32. The molecule has 2 atom stereocenters. The summed E-state index contributed by atoms with van der Waals surface area (Å²) in [6.07, 6.45) is 6.30. The van der Waals surface area contributed by atoms with E-state index in [0.29, 0.717) is 6.10 Å². The maximum Gasteiger partial charge on any atom is 0.0699 e. The van der Waals surface area contributed by atoms with Crippen LogP contribution in [0.15, 0.2) is 0 Å². The highest BCUT2D eigenvalue weighted by molar-refractivity contribution is 6.17. The third-order valence-corrected chi connectivity index (χ3v) is 3.65.